The Labute approximate surface area is 133 Å². The topological polar surface area (TPSA) is 34.0 Å². The predicted octanol–water partition coefficient (Wildman–Crippen LogP) is 3.59. The molecule has 118 valence electrons. The second kappa shape index (κ2) is 6.61. The van der Waals surface area contributed by atoms with Crippen molar-refractivity contribution in [2.75, 3.05) is 13.1 Å². The largest absolute Gasteiger partial charge is 0.297 e. The minimum absolute atomic E-state index is 0.497. The van der Waals surface area contributed by atoms with Gasteiger partial charge in [-0.1, -0.05) is 37.6 Å². The van der Waals surface area contributed by atoms with Gasteiger partial charge in [0, 0.05) is 25.1 Å². The summed E-state index contributed by atoms with van der Waals surface area (Å²) >= 11 is 0. The van der Waals surface area contributed by atoms with Crippen LogP contribution >= 0.6 is 0 Å². The smallest absolute Gasteiger partial charge is 0.181 e. The first kappa shape index (κ1) is 15.2. The number of nitrogens with zero attached hydrogens (tertiary/aromatic N) is 4. The van der Waals surface area contributed by atoms with Gasteiger partial charge in [0.15, 0.2) is 5.82 Å². The van der Waals surface area contributed by atoms with Crippen molar-refractivity contribution in [2.45, 2.75) is 45.6 Å². The zero-order valence-corrected chi connectivity index (χ0v) is 13.9. The molecule has 1 aliphatic heterocycles. The number of benzene rings is 1. The minimum atomic E-state index is 0.497. The third-order valence-corrected chi connectivity index (χ3v) is 4.76. The van der Waals surface area contributed by atoms with Crippen LogP contribution in [0.25, 0.3) is 11.4 Å². The standard InChI is InChI=1S/C18H26N4/c1-4-17-19-18(20-21(17)3)16-10-8-15(9-11-16)14(2)22-12-6-5-7-13-22/h8-11,14H,4-7,12-13H2,1-3H3/t14-/m0/s1. The summed E-state index contributed by atoms with van der Waals surface area (Å²) in [6.07, 6.45) is 4.96. The quantitative estimate of drug-likeness (QED) is 0.865. The van der Waals surface area contributed by atoms with Crippen molar-refractivity contribution in [1.82, 2.24) is 19.7 Å². The molecule has 0 radical (unpaired) electrons. The van der Waals surface area contributed by atoms with Crippen LogP contribution in [0.5, 0.6) is 0 Å². The molecular formula is C18H26N4. The Kier molecular flexibility index (Phi) is 4.57. The third-order valence-electron chi connectivity index (χ3n) is 4.76. The maximum Gasteiger partial charge on any atom is 0.181 e. The van der Waals surface area contributed by atoms with Gasteiger partial charge in [-0.3, -0.25) is 9.58 Å². The molecule has 3 rings (SSSR count). The predicted molar refractivity (Wildman–Crippen MR) is 89.7 cm³/mol. The molecule has 1 aromatic carbocycles. The Bertz CT molecular complexity index is 609. The molecule has 0 spiro atoms. The van der Waals surface area contributed by atoms with Crippen LogP contribution in [0.15, 0.2) is 24.3 Å². The highest BCUT2D eigenvalue weighted by molar-refractivity contribution is 5.55. The zero-order valence-electron chi connectivity index (χ0n) is 13.9. The van der Waals surface area contributed by atoms with Gasteiger partial charge in [0.2, 0.25) is 0 Å². The van der Waals surface area contributed by atoms with Gasteiger partial charge >= 0.3 is 0 Å². The molecular weight excluding hydrogens is 272 g/mol. The maximum absolute atomic E-state index is 4.60. The van der Waals surface area contributed by atoms with E-state index in [1.807, 2.05) is 11.7 Å². The normalized spacial score (nSPS) is 17.6. The molecule has 0 amide bonds. The van der Waals surface area contributed by atoms with E-state index in [0.29, 0.717) is 6.04 Å². The van der Waals surface area contributed by atoms with Crippen LogP contribution in [0, 0.1) is 0 Å². The minimum Gasteiger partial charge on any atom is -0.297 e. The summed E-state index contributed by atoms with van der Waals surface area (Å²) in [4.78, 5) is 7.19. The molecule has 22 heavy (non-hydrogen) atoms. The molecule has 4 nitrogen and oxygen atoms in total. The van der Waals surface area contributed by atoms with Gasteiger partial charge in [-0.2, -0.15) is 5.10 Å². The van der Waals surface area contributed by atoms with Crippen LogP contribution in [-0.4, -0.2) is 32.8 Å². The van der Waals surface area contributed by atoms with Crippen molar-refractivity contribution < 1.29 is 0 Å². The van der Waals surface area contributed by atoms with Crippen LogP contribution in [0.1, 0.15) is 50.5 Å². The monoisotopic (exact) mass is 298 g/mol. The number of aryl methyl sites for hydroxylation is 2. The van der Waals surface area contributed by atoms with Crippen LogP contribution in [0.3, 0.4) is 0 Å². The molecule has 1 aromatic heterocycles. The summed E-state index contributed by atoms with van der Waals surface area (Å²) < 4.78 is 1.87. The number of aromatic nitrogens is 3. The molecule has 0 aliphatic carbocycles. The summed E-state index contributed by atoms with van der Waals surface area (Å²) in [5.74, 6) is 1.86. The van der Waals surface area contributed by atoms with E-state index in [-0.39, 0.29) is 0 Å². The highest BCUT2D eigenvalue weighted by atomic mass is 15.3. The fourth-order valence-electron chi connectivity index (χ4n) is 3.27. The van der Waals surface area contributed by atoms with E-state index in [4.69, 9.17) is 0 Å². The lowest BCUT2D eigenvalue weighted by molar-refractivity contribution is 0.175. The van der Waals surface area contributed by atoms with Gasteiger partial charge in [-0.05, 0) is 38.4 Å². The number of piperidine rings is 1. The van der Waals surface area contributed by atoms with E-state index >= 15 is 0 Å². The van der Waals surface area contributed by atoms with E-state index in [1.54, 1.807) is 0 Å². The van der Waals surface area contributed by atoms with Gasteiger partial charge < -0.3 is 0 Å². The van der Waals surface area contributed by atoms with Crippen LogP contribution in [0.4, 0.5) is 0 Å². The van der Waals surface area contributed by atoms with Crippen LogP contribution < -0.4 is 0 Å². The molecule has 0 bridgehead atoms. The highest BCUT2D eigenvalue weighted by Gasteiger charge is 2.18. The second-order valence-corrected chi connectivity index (χ2v) is 6.22. The average molecular weight is 298 g/mol. The van der Waals surface area contributed by atoms with E-state index < -0.39 is 0 Å². The molecule has 0 unspecified atom stereocenters. The average Bonchev–Trinajstić information content (AvgIpc) is 2.96. The summed E-state index contributed by atoms with van der Waals surface area (Å²) in [5, 5.41) is 4.51. The lowest BCUT2D eigenvalue weighted by atomic mass is 10.0. The number of rotatable bonds is 4. The van der Waals surface area contributed by atoms with Gasteiger partial charge in [-0.15, -0.1) is 0 Å². The fraction of sp³-hybridized carbons (Fsp3) is 0.556. The van der Waals surface area contributed by atoms with Crippen molar-refractivity contribution in [3.63, 3.8) is 0 Å². The van der Waals surface area contributed by atoms with E-state index in [0.717, 1.165) is 23.6 Å². The SMILES string of the molecule is CCc1nc(-c2ccc([C@H](C)N3CCCCC3)cc2)nn1C. The van der Waals surface area contributed by atoms with Crippen molar-refractivity contribution in [2.24, 2.45) is 7.05 Å². The van der Waals surface area contributed by atoms with Gasteiger partial charge in [0.05, 0.1) is 0 Å². The summed E-state index contributed by atoms with van der Waals surface area (Å²) in [7, 11) is 1.96. The number of hydrogen-bond acceptors (Lipinski definition) is 3. The summed E-state index contributed by atoms with van der Waals surface area (Å²) in [6.45, 7) is 6.88. The zero-order chi connectivity index (χ0) is 15.5. The molecule has 2 heterocycles. The first-order chi connectivity index (χ1) is 10.7. The fourth-order valence-corrected chi connectivity index (χ4v) is 3.27. The summed E-state index contributed by atoms with van der Waals surface area (Å²) in [5.41, 5.74) is 2.49. The Hall–Kier alpha value is -1.68. The number of hydrogen-bond donors (Lipinski definition) is 0. The summed E-state index contributed by atoms with van der Waals surface area (Å²) in [6, 6.07) is 9.28. The Morgan fingerprint density at radius 3 is 2.36 bits per heavy atom. The molecule has 4 heteroatoms. The van der Waals surface area contributed by atoms with Gasteiger partial charge in [0.1, 0.15) is 5.82 Å². The molecule has 1 fully saturated rings. The lowest BCUT2D eigenvalue weighted by Crippen LogP contribution is -2.32. The van der Waals surface area contributed by atoms with E-state index in [1.165, 1.54) is 37.9 Å². The van der Waals surface area contributed by atoms with Crippen molar-refractivity contribution >= 4 is 0 Å². The Morgan fingerprint density at radius 2 is 1.77 bits per heavy atom. The Morgan fingerprint density at radius 1 is 1.09 bits per heavy atom. The molecule has 2 aromatic rings. The van der Waals surface area contributed by atoms with Gasteiger partial charge in [0.25, 0.3) is 0 Å². The number of likely N-dealkylation sites (tertiary alicyclic amines) is 1. The van der Waals surface area contributed by atoms with Crippen LogP contribution in [-0.2, 0) is 13.5 Å². The first-order valence-electron chi connectivity index (χ1n) is 8.43. The molecule has 0 saturated carbocycles. The lowest BCUT2D eigenvalue weighted by Gasteiger charge is -2.32. The van der Waals surface area contributed by atoms with Crippen molar-refractivity contribution in [3.8, 4) is 11.4 Å². The molecule has 1 aliphatic rings. The van der Waals surface area contributed by atoms with Gasteiger partial charge in [-0.25, -0.2) is 4.98 Å². The van der Waals surface area contributed by atoms with Crippen LogP contribution in [0.2, 0.25) is 0 Å². The maximum atomic E-state index is 4.60. The molecule has 0 N–H and O–H groups in total. The van der Waals surface area contributed by atoms with Crippen molar-refractivity contribution in [3.05, 3.63) is 35.7 Å². The van der Waals surface area contributed by atoms with Crippen molar-refractivity contribution in [1.29, 1.82) is 0 Å². The first-order valence-corrected chi connectivity index (χ1v) is 8.43. The van der Waals surface area contributed by atoms with E-state index in [2.05, 4.69) is 53.1 Å². The third kappa shape index (κ3) is 3.07. The second-order valence-electron chi connectivity index (χ2n) is 6.22. The van der Waals surface area contributed by atoms with E-state index in [9.17, 15) is 0 Å². The highest BCUT2D eigenvalue weighted by Crippen LogP contribution is 2.26. The molecule has 1 atom stereocenters. The Balaban J connectivity index is 1.76. The molecule has 1 saturated heterocycles.